The predicted molar refractivity (Wildman–Crippen MR) is 349 cm³/mol. The first-order valence-electron chi connectivity index (χ1n) is 29.7. The van der Waals surface area contributed by atoms with Gasteiger partial charge >= 0.3 is 0 Å². The zero-order chi connectivity index (χ0) is 63.8. The third-order valence-electron chi connectivity index (χ3n) is 16.3. The molecule has 4 fully saturated rings. The Morgan fingerprint density at radius 3 is 1.33 bits per heavy atom. The molecule has 4 heterocycles. The fraction of sp³-hybridized carbons (Fsp3) is 0.548. The number of piperidine rings is 2. The summed E-state index contributed by atoms with van der Waals surface area (Å²) in [6, 6.07) is 20.5. The van der Waals surface area contributed by atoms with E-state index in [2.05, 4.69) is 30.7 Å². The van der Waals surface area contributed by atoms with E-state index in [4.69, 9.17) is 55.9 Å². The van der Waals surface area contributed by atoms with E-state index >= 15 is 0 Å². The predicted octanol–water partition coefficient (Wildman–Crippen LogP) is 7.59. The lowest BCUT2D eigenvalue weighted by Gasteiger charge is -2.30. The van der Waals surface area contributed by atoms with E-state index in [1.54, 1.807) is 24.3 Å². The van der Waals surface area contributed by atoms with Gasteiger partial charge in [0.2, 0.25) is 43.7 Å². The topological polar surface area (TPSA) is 268 Å². The number of carbonyl (C=O) groups excluding carboxylic acids is 4. The van der Waals surface area contributed by atoms with Gasteiger partial charge in [-0.05, 0) is 178 Å². The molecule has 0 bridgehead atoms. The van der Waals surface area contributed by atoms with Crippen molar-refractivity contribution in [2.75, 3.05) is 58.0 Å². The molecule has 0 aromatic heterocycles. The fourth-order valence-electron chi connectivity index (χ4n) is 11.7. The summed E-state index contributed by atoms with van der Waals surface area (Å²) >= 11 is 24.3. The quantitative estimate of drug-likeness (QED) is 0.0354. The van der Waals surface area contributed by atoms with E-state index in [-0.39, 0.29) is 63.9 Å². The molecule has 4 aromatic carbocycles. The van der Waals surface area contributed by atoms with Crippen LogP contribution in [0.3, 0.4) is 0 Å². The van der Waals surface area contributed by atoms with Crippen LogP contribution in [-0.4, -0.2) is 153 Å². The first-order chi connectivity index (χ1) is 41.7. The maximum absolute atomic E-state index is 14.0. The Labute approximate surface area is 546 Å². The Balaban J connectivity index is 0.000000281. The summed E-state index contributed by atoms with van der Waals surface area (Å²) in [5, 5.41) is 14.5. The maximum Gasteiger partial charge on any atom is 0.243 e. The van der Waals surface area contributed by atoms with Crippen LogP contribution in [0.5, 0.6) is 0 Å². The third-order valence-corrected chi connectivity index (χ3v) is 19.9. The summed E-state index contributed by atoms with van der Waals surface area (Å²) in [5.74, 6) is -0.976. The maximum atomic E-state index is 14.0. The van der Waals surface area contributed by atoms with Crippen LogP contribution in [0.15, 0.2) is 89.8 Å². The molecule has 4 amide bonds. The molecule has 89 heavy (non-hydrogen) atoms. The van der Waals surface area contributed by atoms with Crippen LogP contribution < -0.4 is 30.7 Å². The number of likely N-dealkylation sites (tertiary alicyclic amines) is 2. The van der Waals surface area contributed by atoms with Crippen molar-refractivity contribution in [3.05, 3.63) is 133 Å². The van der Waals surface area contributed by atoms with E-state index in [1.807, 2.05) is 49.4 Å². The highest BCUT2D eigenvalue weighted by molar-refractivity contribution is 7.90. The third kappa shape index (κ3) is 23.6. The van der Waals surface area contributed by atoms with Gasteiger partial charge in [0.05, 0.1) is 42.8 Å². The largest absolute Gasteiger partial charge is 0.372 e. The Bertz CT molecular complexity index is 3360. The number of sulfonamides is 2. The number of nitrogens with zero attached hydrogens (tertiary/aromatic N) is 2. The molecule has 4 aromatic rings. The average molecular weight is 1370 g/mol. The lowest BCUT2D eigenvalue weighted by Crippen LogP contribution is -2.53. The van der Waals surface area contributed by atoms with E-state index < -0.39 is 84.0 Å². The number of hydrogen-bond donors (Lipinski definition) is 6. The summed E-state index contributed by atoms with van der Waals surface area (Å²) in [7, 11) is -11.0. The van der Waals surface area contributed by atoms with Gasteiger partial charge in [0.1, 0.15) is 24.2 Å². The van der Waals surface area contributed by atoms with Gasteiger partial charge in [-0.1, -0.05) is 91.1 Å². The first kappa shape index (κ1) is 73.6. The highest BCUT2D eigenvalue weighted by Gasteiger charge is 2.45. The molecule has 0 unspecified atom stereocenters. The molecule has 4 aliphatic heterocycles. The summed E-state index contributed by atoms with van der Waals surface area (Å²) in [6.07, 6.45) is 9.33. The molecular weight excluding hydrogens is 1290 g/mol. The van der Waals surface area contributed by atoms with Crippen molar-refractivity contribution < 1.29 is 53.9 Å². The summed E-state index contributed by atoms with van der Waals surface area (Å²) in [6.45, 7) is 6.49. The van der Waals surface area contributed by atoms with Gasteiger partial charge in [0.25, 0.3) is 0 Å². The molecule has 0 spiro atoms. The van der Waals surface area contributed by atoms with Crippen LogP contribution in [0.1, 0.15) is 106 Å². The standard InChI is InChI=1S/C31H42Cl2N4O5S.C30H40Cl2N4O7S2.CH4/c1-3-23-7-10-26(33)16-24(23)18-35-30(38)29-17-27(42-20-22-4-8-25(32)9-5-22)19-37(29)31(39)28(36-43(2,40)41)11-6-21-12-14-34-15-13-21;1-44(39,40)28-10-8-24(32)15-22(28)17-34-29(37)27-16-25(43-19-21-3-6-23(31)7-4-21)18-36(27)30(38)26(35-45(2,41)42)9-5-20-11-13-33-14-12-20;/h4-5,7-10,16,21,27-29,34,36H,3,6,11-15,17-20H2,1-2H3,(H,35,38);3-4,6-8,10,15,20,25-27,33,35H,5,9,11-14,16-19H2,1-2H3,(H,34,37);1H4/t27-,28-,29+;25-,26-,27+;/m11./s1. The van der Waals surface area contributed by atoms with Gasteiger partial charge in [0, 0.05) is 65.4 Å². The van der Waals surface area contributed by atoms with E-state index in [9.17, 15) is 44.4 Å². The van der Waals surface area contributed by atoms with Crippen LogP contribution in [0.2, 0.25) is 20.1 Å². The molecule has 20 nitrogen and oxygen atoms in total. The lowest BCUT2D eigenvalue weighted by atomic mass is 9.91. The van der Waals surface area contributed by atoms with Crippen molar-refractivity contribution in [3.63, 3.8) is 0 Å². The molecule has 0 saturated carbocycles. The smallest absolute Gasteiger partial charge is 0.243 e. The first-order valence-corrected chi connectivity index (χ1v) is 36.9. The molecule has 0 aliphatic carbocycles. The van der Waals surface area contributed by atoms with E-state index in [0.717, 1.165) is 106 Å². The van der Waals surface area contributed by atoms with Gasteiger partial charge in [-0.25, -0.2) is 34.7 Å². The molecule has 6 atom stereocenters. The van der Waals surface area contributed by atoms with Gasteiger partial charge in [-0.15, -0.1) is 0 Å². The Morgan fingerprint density at radius 2 is 0.933 bits per heavy atom. The Hall–Kier alpha value is -4.47. The monoisotopic (exact) mass is 1370 g/mol. The van der Waals surface area contributed by atoms with Crippen molar-refractivity contribution in [2.24, 2.45) is 11.8 Å². The van der Waals surface area contributed by atoms with Crippen molar-refractivity contribution in [2.45, 2.75) is 153 Å². The number of aryl methyl sites for hydroxylation is 1. The van der Waals surface area contributed by atoms with Crippen molar-refractivity contribution >= 4 is 99.9 Å². The highest BCUT2D eigenvalue weighted by Crippen LogP contribution is 2.30. The minimum absolute atomic E-state index is 0. The van der Waals surface area contributed by atoms with Crippen molar-refractivity contribution in [3.8, 4) is 0 Å². The van der Waals surface area contributed by atoms with Crippen LogP contribution >= 0.6 is 46.4 Å². The van der Waals surface area contributed by atoms with E-state index in [1.165, 1.54) is 28.0 Å². The van der Waals surface area contributed by atoms with Crippen molar-refractivity contribution in [1.82, 2.24) is 40.5 Å². The summed E-state index contributed by atoms with van der Waals surface area (Å²) in [4.78, 5) is 58.2. The zero-order valence-corrected chi connectivity index (χ0v) is 55.6. The van der Waals surface area contributed by atoms with Gasteiger partial charge in [-0.2, -0.15) is 0 Å². The molecule has 492 valence electrons. The molecular formula is C62H86Cl4N8O12S3. The van der Waals surface area contributed by atoms with E-state index in [0.29, 0.717) is 63.4 Å². The lowest BCUT2D eigenvalue weighted by molar-refractivity contribution is -0.140. The zero-order valence-electron chi connectivity index (χ0n) is 50.1. The summed E-state index contributed by atoms with van der Waals surface area (Å²) < 4.78 is 91.2. The number of rotatable bonds is 26. The number of nitrogens with one attached hydrogen (secondary N) is 6. The highest BCUT2D eigenvalue weighted by atomic mass is 35.5. The average Bonchev–Trinajstić information content (AvgIpc) is 1.81. The molecule has 4 saturated heterocycles. The van der Waals surface area contributed by atoms with Crippen LogP contribution in [0.4, 0.5) is 0 Å². The normalized spacial score (nSPS) is 20.0. The van der Waals surface area contributed by atoms with Crippen molar-refractivity contribution in [1.29, 1.82) is 0 Å². The second-order valence-electron chi connectivity index (χ2n) is 23.3. The van der Waals surface area contributed by atoms with Gasteiger partial charge in [-0.3, -0.25) is 19.2 Å². The van der Waals surface area contributed by atoms with Crippen LogP contribution in [-0.2, 0) is 91.3 Å². The van der Waals surface area contributed by atoms with Crippen LogP contribution in [0.25, 0.3) is 0 Å². The minimum atomic E-state index is -3.74. The van der Waals surface area contributed by atoms with Gasteiger partial charge in [0.15, 0.2) is 9.84 Å². The number of amides is 4. The second kappa shape index (κ2) is 34.4. The number of ether oxygens (including phenoxy) is 2. The Kier molecular flexibility index (Phi) is 28.5. The van der Waals surface area contributed by atoms with Gasteiger partial charge < -0.3 is 40.5 Å². The SMILES string of the molecule is C.CCc1ccc(Cl)cc1CNC(=O)[C@@H]1C[C@@H](OCc2ccc(Cl)cc2)CN1C(=O)[C@@H](CCC1CCNCC1)NS(C)(=O)=O.CS(=O)(=O)N[C@H](CCC1CCNCC1)C(=O)N1C[C@H](OCc2ccc(Cl)cc2)C[C@H]1C(=O)NCc1cc(Cl)ccc1S(C)(=O)=O. The number of sulfone groups is 1. The molecule has 8 rings (SSSR count). The second-order valence-corrected chi connectivity index (χ2v) is 30.5. The number of hydrogen-bond acceptors (Lipinski definition) is 14. The van der Waals surface area contributed by atoms with Crippen LogP contribution in [0, 0.1) is 11.8 Å². The summed E-state index contributed by atoms with van der Waals surface area (Å²) in [5.41, 5.74) is 4.07. The fourth-order valence-corrected chi connectivity index (χ4v) is 14.7. The Morgan fingerprint density at radius 1 is 0.551 bits per heavy atom. The molecule has 27 heteroatoms. The number of benzene rings is 4. The molecule has 4 aliphatic rings. The minimum Gasteiger partial charge on any atom is -0.372 e. The number of carbonyl (C=O) groups is 4. The molecule has 0 radical (unpaired) electrons. The number of halogens is 4. The molecule has 6 N–H and O–H groups in total.